The van der Waals surface area contributed by atoms with Crippen LogP contribution in [0.2, 0.25) is 0 Å². The first kappa shape index (κ1) is 10.8. The molecule has 0 unspecified atom stereocenters. The molecule has 4 nitrogen and oxygen atoms in total. The Hall–Kier alpha value is -1.32. The van der Waals surface area contributed by atoms with Crippen molar-refractivity contribution in [3.05, 3.63) is 12.3 Å². The molecule has 0 aliphatic heterocycles. The summed E-state index contributed by atoms with van der Waals surface area (Å²) < 4.78 is 1.73. The molecule has 0 aliphatic rings. The van der Waals surface area contributed by atoms with Gasteiger partial charge in [-0.05, 0) is 13.3 Å². The van der Waals surface area contributed by atoms with Crippen LogP contribution in [0.4, 0.5) is 5.82 Å². The van der Waals surface area contributed by atoms with Crippen LogP contribution in [0.3, 0.4) is 0 Å². The molecule has 0 saturated heterocycles. The van der Waals surface area contributed by atoms with Crippen molar-refractivity contribution in [1.82, 2.24) is 9.78 Å². The van der Waals surface area contributed by atoms with Gasteiger partial charge in [-0.1, -0.05) is 6.92 Å². The van der Waals surface area contributed by atoms with Crippen LogP contribution < -0.4 is 4.90 Å². The number of hydrogen-bond acceptors (Lipinski definition) is 3. The second-order valence-electron chi connectivity index (χ2n) is 3.12. The molecular weight excluding hydrogens is 178 g/mol. The van der Waals surface area contributed by atoms with Crippen molar-refractivity contribution < 1.29 is 4.79 Å². The first-order valence-corrected chi connectivity index (χ1v) is 5.03. The molecule has 0 radical (unpaired) electrons. The summed E-state index contributed by atoms with van der Waals surface area (Å²) in [5, 5.41) is 4.10. The molecule has 1 heterocycles. The fourth-order valence-corrected chi connectivity index (χ4v) is 1.51. The normalized spacial score (nSPS) is 10.1. The van der Waals surface area contributed by atoms with E-state index in [9.17, 15) is 4.79 Å². The Labute approximate surface area is 84.5 Å². The summed E-state index contributed by atoms with van der Waals surface area (Å²) in [6.07, 6.45) is 3.70. The van der Waals surface area contributed by atoms with Crippen LogP contribution in [0.1, 0.15) is 20.3 Å². The van der Waals surface area contributed by atoms with Crippen molar-refractivity contribution in [3.63, 3.8) is 0 Å². The van der Waals surface area contributed by atoms with Crippen LogP contribution in [0.5, 0.6) is 0 Å². The average Bonchev–Trinajstić information content (AvgIpc) is 2.63. The number of carbonyl (C=O) groups excluding carboxylic acids is 1. The molecule has 0 aliphatic carbocycles. The summed E-state index contributed by atoms with van der Waals surface area (Å²) in [5.41, 5.74) is 0. The second-order valence-corrected chi connectivity index (χ2v) is 3.12. The van der Waals surface area contributed by atoms with Gasteiger partial charge in [-0.2, -0.15) is 5.10 Å². The van der Waals surface area contributed by atoms with Crippen molar-refractivity contribution in [2.75, 3.05) is 18.0 Å². The molecule has 1 rings (SSSR count). The van der Waals surface area contributed by atoms with Gasteiger partial charge in [-0.25, -0.2) is 4.68 Å². The highest BCUT2D eigenvalue weighted by Crippen LogP contribution is 2.12. The Kier molecular flexibility index (Phi) is 4.16. The Morgan fingerprint density at radius 2 is 2.36 bits per heavy atom. The van der Waals surface area contributed by atoms with Crippen LogP contribution in [0.15, 0.2) is 12.3 Å². The number of rotatable bonds is 6. The fourth-order valence-electron chi connectivity index (χ4n) is 1.51. The number of anilines is 1. The van der Waals surface area contributed by atoms with Gasteiger partial charge in [0, 0.05) is 19.2 Å². The van der Waals surface area contributed by atoms with Gasteiger partial charge in [0.15, 0.2) is 0 Å². The number of aromatic nitrogens is 2. The minimum Gasteiger partial charge on any atom is -0.357 e. The van der Waals surface area contributed by atoms with Crippen molar-refractivity contribution in [2.45, 2.75) is 26.8 Å². The first-order valence-electron chi connectivity index (χ1n) is 5.03. The molecule has 0 spiro atoms. The highest BCUT2D eigenvalue weighted by atomic mass is 16.1. The van der Waals surface area contributed by atoms with Crippen LogP contribution in [0, 0.1) is 0 Å². The molecule has 1 aromatic rings. The van der Waals surface area contributed by atoms with Gasteiger partial charge in [0.25, 0.3) is 0 Å². The standard InChI is InChI=1S/C10H17N3O/c1-3-7-12(4-2)10-5-6-11-13(10)8-9-14/h5-6,9H,3-4,7-8H2,1-2H3. The topological polar surface area (TPSA) is 38.1 Å². The lowest BCUT2D eigenvalue weighted by molar-refractivity contribution is -0.108. The van der Waals surface area contributed by atoms with E-state index < -0.39 is 0 Å². The molecule has 0 atom stereocenters. The Morgan fingerprint density at radius 1 is 1.57 bits per heavy atom. The smallest absolute Gasteiger partial charge is 0.141 e. The fraction of sp³-hybridized carbons (Fsp3) is 0.600. The Balaban J connectivity index is 2.79. The monoisotopic (exact) mass is 195 g/mol. The largest absolute Gasteiger partial charge is 0.357 e. The van der Waals surface area contributed by atoms with E-state index in [1.165, 1.54) is 0 Å². The number of nitrogens with zero attached hydrogens (tertiary/aromatic N) is 3. The van der Waals surface area contributed by atoms with E-state index in [0.717, 1.165) is 31.6 Å². The van der Waals surface area contributed by atoms with Crippen molar-refractivity contribution in [3.8, 4) is 0 Å². The van der Waals surface area contributed by atoms with Gasteiger partial charge in [0.05, 0.1) is 12.7 Å². The molecule has 14 heavy (non-hydrogen) atoms. The maximum Gasteiger partial charge on any atom is 0.141 e. The maximum atomic E-state index is 10.4. The zero-order valence-corrected chi connectivity index (χ0v) is 8.81. The quantitative estimate of drug-likeness (QED) is 0.642. The van der Waals surface area contributed by atoms with Gasteiger partial charge < -0.3 is 9.69 Å². The lowest BCUT2D eigenvalue weighted by atomic mass is 10.4. The van der Waals surface area contributed by atoms with E-state index in [-0.39, 0.29) is 0 Å². The van der Waals surface area contributed by atoms with Crippen LogP contribution in [-0.4, -0.2) is 29.2 Å². The van der Waals surface area contributed by atoms with Crippen LogP contribution >= 0.6 is 0 Å². The first-order chi connectivity index (χ1) is 6.83. The van der Waals surface area contributed by atoms with Crippen LogP contribution in [-0.2, 0) is 11.3 Å². The lowest BCUT2D eigenvalue weighted by Gasteiger charge is -2.22. The SMILES string of the molecule is CCCN(CC)c1ccnn1CC=O. The van der Waals surface area contributed by atoms with Crippen molar-refractivity contribution in [1.29, 1.82) is 0 Å². The third-order valence-electron chi connectivity index (χ3n) is 2.14. The summed E-state index contributed by atoms with van der Waals surface area (Å²) >= 11 is 0. The Morgan fingerprint density at radius 3 is 2.93 bits per heavy atom. The number of carbonyl (C=O) groups is 1. The highest BCUT2D eigenvalue weighted by Gasteiger charge is 2.08. The molecule has 0 N–H and O–H groups in total. The maximum absolute atomic E-state index is 10.4. The summed E-state index contributed by atoms with van der Waals surface area (Å²) in [5.74, 6) is 1.03. The minimum atomic E-state index is 0.336. The number of hydrogen-bond donors (Lipinski definition) is 0. The van der Waals surface area contributed by atoms with Crippen LogP contribution in [0.25, 0.3) is 0 Å². The molecule has 0 amide bonds. The summed E-state index contributed by atoms with van der Waals surface area (Å²) in [6.45, 7) is 6.53. The lowest BCUT2D eigenvalue weighted by Crippen LogP contribution is -2.26. The summed E-state index contributed by atoms with van der Waals surface area (Å²) in [6, 6.07) is 1.95. The zero-order valence-electron chi connectivity index (χ0n) is 8.81. The van der Waals surface area contributed by atoms with E-state index in [1.54, 1.807) is 10.9 Å². The minimum absolute atomic E-state index is 0.336. The van der Waals surface area contributed by atoms with E-state index in [4.69, 9.17) is 0 Å². The van der Waals surface area contributed by atoms with Gasteiger partial charge in [0.1, 0.15) is 12.1 Å². The summed E-state index contributed by atoms with van der Waals surface area (Å²) in [4.78, 5) is 12.6. The molecule has 0 bridgehead atoms. The highest BCUT2D eigenvalue weighted by molar-refractivity contribution is 5.51. The molecule has 78 valence electrons. The third kappa shape index (κ3) is 2.34. The van der Waals surface area contributed by atoms with Gasteiger partial charge in [-0.15, -0.1) is 0 Å². The van der Waals surface area contributed by atoms with E-state index in [0.29, 0.717) is 6.54 Å². The van der Waals surface area contributed by atoms with E-state index in [1.807, 2.05) is 6.07 Å². The third-order valence-corrected chi connectivity index (χ3v) is 2.14. The number of aldehydes is 1. The average molecular weight is 195 g/mol. The molecular formula is C10H17N3O. The molecule has 4 heteroatoms. The summed E-state index contributed by atoms with van der Waals surface area (Å²) in [7, 11) is 0. The molecule has 0 saturated carbocycles. The van der Waals surface area contributed by atoms with Gasteiger partial charge >= 0.3 is 0 Å². The molecule has 0 fully saturated rings. The van der Waals surface area contributed by atoms with E-state index >= 15 is 0 Å². The molecule has 1 aromatic heterocycles. The second kappa shape index (κ2) is 5.42. The van der Waals surface area contributed by atoms with Gasteiger partial charge in [-0.3, -0.25) is 0 Å². The van der Waals surface area contributed by atoms with Crippen molar-refractivity contribution >= 4 is 12.1 Å². The van der Waals surface area contributed by atoms with E-state index in [2.05, 4.69) is 23.8 Å². The zero-order chi connectivity index (χ0) is 10.4. The van der Waals surface area contributed by atoms with Crippen molar-refractivity contribution in [2.24, 2.45) is 0 Å². The predicted molar refractivity (Wildman–Crippen MR) is 56.5 cm³/mol. The predicted octanol–water partition coefficient (Wildman–Crippen LogP) is 1.32. The van der Waals surface area contributed by atoms with Gasteiger partial charge in [0.2, 0.25) is 0 Å². The Bertz CT molecular complexity index is 283. The molecule has 0 aromatic carbocycles.